The first-order chi connectivity index (χ1) is 16.7. The minimum atomic E-state index is 0.558. The third kappa shape index (κ3) is 4.80. The van der Waals surface area contributed by atoms with Gasteiger partial charge in [-0.1, -0.05) is 89.9 Å². The van der Waals surface area contributed by atoms with Crippen LogP contribution in [0.1, 0.15) is 0 Å². The standard InChI is InChI=1S/C28H18Cl2N3S/c29-21-14-15-25(23(30)17-21)34-33-27-22(19-9-3-1-4-10-19)18-32-28(24-13-7-8-16-31-24)26(27)20-11-5-2-6-12-20/h1-18H. The molecule has 0 unspecified atom stereocenters. The molecule has 0 N–H and O–H groups in total. The van der Waals surface area contributed by atoms with E-state index in [1.165, 1.54) is 11.9 Å². The molecule has 0 atom stereocenters. The summed E-state index contributed by atoms with van der Waals surface area (Å²) in [6, 6.07) is 31.5. The molecule has 0 saturated carbocycles. The van der Waals surface area contributed by atoms with Crippen molar-refractivity contribution in [1.29, 1.82) is 0 Å². The molecular weight excluding hydrogens is 481 g/mol. The smallest absolute Gasteiger partial charge is 0.0986 e. The molecule has 2 aromatic heterocycles. The van der Waals surface area contributed by atoms with Crippen LogP contribution in [0.2, 0.25) is 10.0 Å². The zero-order chi connectivity index (χ0) is 23.3. The van der Waals surface area contributed by atoms with Crippen LogP contribution < -0.4 is 4.72 Å². The lowest BCUT2D eigenvalue weighted by Crippen LogP contribution is -2.00. The molecule has 0 aliphatic heterocycles. The van der Waals surface area contributed by atoms with Crippen molar-refractivity contribution in [1.82, 2.24) is 14.7 Å². The summed E-state index contributed by atoms with van der Waals surface area (Å²) in [5.74, 6) is 0. The molecule has 0 fully saturated rings. The monoisotopic (exact) mass is 498 g/mol. The fourth-order valence-corrected chi connectivity index (χ4v) is 4.81. The van der Waals surface area contributed by atoms with Crippen LogP contribution in [0.25, 0.3) is 33.6 Å². The van der Waals surface area contributed by atoms with Gasteiger partial charge in [0.15, 0.2) is 0 Å². The highest BCUT2D eigenvalue weighted by atomic mass is 35.5. The minimum absolute atomic E-state index is 0.558. The van der Waals surface area contributed by atoms with Gasteiger partial charge in [-0.15, -0.1) is 0 Å². The summed E-state index contributed by atoms with van der Waals surface area (Å²) in [5, 5.41) is 1.15. The Labute approximate surface area is 213 Å². The Kier molecular flexibility index (Phi) is 6.82. The molecule has 3 nitrogen and oxygen atoms in total. The molecule has 0 bridgehead atoms. The molecule has 0 aliphatic carbocycles. The molecule has 34 heavy (non-hydrogen) atoms. The third-order valence-electron chi connectivity index (χ3n) is 5.24. The summed E-state index contributed by atoms with van der Waals surface area (Å²) in [7, 11) is 0. The normalized spacial score (nSPS) is 10.8. The van der Waals surface area contributed by atoms with Gasteiger partial charge >= 0.3 is 0 Å². The van der Waals surface area contributed by atoms with Gasteiger partial charge in [0.2, 0.25) is 0 Å². The minimum Gasteiger partial charge on any atom is -0.255 e. The SMILES string of the molecule is Clc1ccc(S[N]c2c(-c3ccccc3)cnc(-c3ccccn3)c2-c2ccccc2)c(Cl)c1. The fraction of sp³-hybridized carbons (Fsp3) is 0. The van der Waals surface area contributed by atoms with E-state index in [0.717, 1.165) is 44.2 Å². The van der Waals surface area contributed by atoms with Gasteiger partial charge in [0.25, 0.3) is 0 Å². The Balaban J connectivity index is 1.72. The first kappa shape index (κ1) is 22.5. The quantitative estimate of drug-likeness (QED) is 0.219. The lowest BCUT2D eigenvalue weighted by atomic mass is 9.95. The summed E-state index contributed by atoms with van der Waals surface area (Å²) in [6.07, 6.45) is 3.64. The van der Waals surface area contributed by atoms with E-state index in [-0.39, 0.29) is 0 Å². The third-order valence-corrected chi connectivity index (χ3v) is 6.72. The summed E-state index contributed by atoms with van der Waals surface area (Å²) in [4.78, 5) is 10.3. The van der Waals surface area contributed by atoms with Crippen LogP contribution >= 0.6 is 35.1 Å². The van der Waals surface area contributed by atoms with E-state index in [9.17, 15) is 0 Å². The van der Waals surface area contributed by atoms with Crippen molar-refractivity contribution in [3.63, 3.8) is 0 Å². The number of aromatic nitrogens is 2. The van der Waals surface area contributed by atoms with Gasteiger partial charge in [-0.3, -0.25) is 9.97 Å². The lowest BCUT2D eigenvalue weighted by Gasteiger charge is -2.18. The van der Waals surface area contributed by atoms with E-state index in [0.29, 0.717) is 10.0 Å². The first-order valence-corrected chi connectivity index (χ1v) is 12.1. The molecule has 0 spiro atoms. The maximum absolute atomic E-state index is 6.45. The van der Waals surface area contributed by atoms with Crippen molar-refractivity contribution in [2.75, 3.05) is 0 Å². The van der Waals surface area contributed by atoms with Gasteiger partial charge in [-0.2, -0.15) is 0 Å². The average Bonchev–Trinajstić information content (AvgIpc) is 2.89. The van der Waals surface area contributed by atoms with Crippen LogP contribution in [0.3, 0.4) is 0 Å². The molecule has 1 radical (unpaired) electrons. The van der Waals surface area contributed by atoms with Crippen LogP contribution in [0.5, 0.6) is 0 Å². The second-order valence-electron chi connectivity index (χ2n) is 7.45. The van der Waals surface area contributed by atoms with Crippen molar-refractivity contribution in [2.24, 2.45) is 0 Å². The Bertz CT molecular complexity index is 1410. The molecule has 0 amide bonds. The van der Waals surface area contributed by atoms with Gasteiger partial charge in [0, 0.05) is 45.4 Å². The number of pyridine rings is 2. The summed E-state index contributed by atoms with van der Waals surface area (Å²) in [6.45, 7) is 0. The van der Waals surface area contributed by atoms with Crippen LogP contribution in [-0.2, 0) is 0 Å². The first-order valence-electron chi connectivity index (χ1n) is 10.6. The van der Waals surface area contributed by atoms with Gasteiger partial charge in [-0.05, 0) is 41.5 Å². The predicted octanol–water partition coefficient (Wildman–Crippen LogP) is 8.73. The van der Waals surface area contributed by atoms with E-state index in [1.807, 2.05) is 72.9 Å². The zero-order valence-electron chi connectivity index (χ0n) is 17.9. The molecule has 0 aliphatic rings. The highest BCUT2D eigenvalue weighted by molar-refractivity contribution is 7.97. The van der Waals surface area contributed by atoms with E-state index >= 15 is 0 Å². The Morgan fingerprint density at radius 3 is 2.09 bits per heavy atom. The van der Waals surface area contributed by atoms with E-state index in [1.54, 1.807) is 12.3 Å². The highest BCUT2D eigenvalue weighted by Crippen LogP contribution is 2.44. The second-order valence-corrected chi connectivity index (χ2v) is 9.10. The second kappa shape index (κ2) is 10.3. The van der Waals surface area contributed by atoms with Crippen molar-refractivity contribution >= 4 is 40.8 Å². The summed E-state index contributed by atoms with van der Waals surface area (Å²) >= 11 is 13.9. The van der Waals surface area contributed by atoms with Gasteiger partial charge in [0.05, 0.1) is 22.1 Å². The number of benzene rings is 3. The maximum atomic E-state index is 6.45. The number of hydrogen-bond donors (Lipinski definition) is 0. The van der Waals surface area contributed by atoms with Crippen LogP contribution in [-0.4, -0.2) is 9.97 Å². The van der Waals surface area contributed by atoms with Crippen LogP contribution in [0.4, 0.5) is 5.69 Å². The van der Waals surface area contributed by atoms with Gasteiger partial charge in [0.1, 0.15) is 0 Å². The van der Waals surface area contributed by atoms with E-state index < -0.39 is 0 Å². The van der Waals surface area contributed by atoms with Crippen molar-refractivity contribution < 1.29 is 0 Å². The van der Waals surface area contributed by atoms with Crippen molar-refractivity contribution in [2.45, 2.75) is 4.90 Å². The molecule has 5 aromatic rings. The molecular formula is C28H18Cl2N3S. The Hall–Kier alpha value is -3.31. The van der Waals surface area contributed by atoms with Crippen molar-refractivity contribution in [3.8, 4) is 33.6 Å². The number of rotatable bonds is 6. The number of nitrogens with zero attached hydrogens (tertiary/aromatic N) is 3. The maximum Gasteiger partial charge on any atom is 0.0986 e. The predicted molar refractivity (Wildman–Crippen MR) is 142 cm³/mol. The van der Waals surface area contributed by atoms with Crippen molar-refractivity contribution in [3.05, 3.63) is 120 Å². The number of hydrogen-bond acceptors (Lipinski definition) is 3. The molecule has 5 rings (SSSR count). The van der Waals surface area contributed by atoms with E-state index in [2.05, 4.69) is 29.2 Å². The molecule has 3 aromatic carbocycles. The largest absolute Gasteiger partial charge is 0.255 e. The highest BCUT2D eigenvalue weighted by Gasteiger charge is 2.21. The summed E-state index contributed by atoms with van der Waals surface area (Å²) < 4.78 is 5.03. The Morgan fingerprint density at radius 1 is 0.706 bits per heavy atom. The fourth-order valence-electron chi connectivity index (χ4n) is 3.64. The van der Waals surface area contributed by atoms with Gasteiger partial charge < -0.3 is 0 Å². The lowest BCUT2D eigenvalue weighted by molar-refractivity contribution is 1.23. The van der Waals surface area contributed by atoms with Crippen LogP contribution in [0, 0.1) is 0 Å². The van der Waals surface area contributed by atoms with Crippen LogP contribution in [0.15, 0.2) is 114 Å². The molecule has 2 heterocycles. The number of halogens is 2. The zero-order valence-corrected chi connectivity index (χ0v) is 20.2. The summed E-state index contributed by atoms with van der Waals surface area (Å²) in [5.41, 5.74) is 6.25. The van der Waals surface area contributed by atoms with Gasteiger partial charge in [-0.25, -0.2) is 4.72 Å². The van der Waals surface area contributed by atoms with E-state index in [4.69, 9.17) is 32.9 Å². The molecule has 165 valence electrons. The Morgan fingerprint density at radius 2 is 1.41 bits per heavy atom. The average molecular weight is 499 g/mol. The molecule has 6 heteroatoms. The molecule has 0 saturated heterocycles. The topological polar surface area (TPSA) is 39.9 Å².